The fourth-order valence-corrected chi connectivity index (χ4v) is 6.35. The van der Waals surface area contributed by atoms with Crippen LogP contribution in [-0.4, -0.2) is 54.2 Å². The van der Waals surface area contributed by atoms with Gasteiger partial charge in [0.2, 0.25) is 5.91 Å². The lowest BCUT2D eigenvalue weighted by Crippen LogP contribution is -2.43. The molecule has 0 fully saturated rings. The zero-order valence-corrected chi connectivity index (χ0v) is 27.5. The normalized spacial score (nSPS) is 11.3. The lowest BCUT2D eigenvalue weighted by atomic mass is 9.97. The molecule has 4 aromatic rings. The van der Waals surface area contributed by atoms with E-state index in [9.17, 15) is 20.1 Å². The van der Waals surface area contributed by atoms with Crippen LogP contribution in [0.3, 0.4) is 0 Å². The van der Waals surface area contributed by atoms with Crippen molar-refractivity contribution in [2.24, 2.45) is 11.5 Å². The van der Waals surface area contributed by atoms with Crippen LogP contribution in [0.15, 0.2) is 58.9 Å². The van der Waals surface area contributed by atoms with Gasteiger partial charge in [0.05, 0.1) is 17.3 Å². The highest BCUT2D eigenvalue weighted by Crippen LogP contribution is 2.37. The molecule has 0 aliphatic carbocycles. The second kappa shape index (κ2) is 17.3. The molecule has 4 rings (SSSR count). The molecule has 2 heterocycles. The minimum absolute atomic E-state index is 0.00311. The minimum atomic E-state index is -0.665. The third-order valence-corrected chi connectivity index (χ3v) is 8.89. The van der Waals surface area contributed by atoms with Gasteiger partial charge in [-0.1, -0.05) is 47.6 Å². The summed E-state index contributed by atoms with van der Waals surface area (Å²) in [6, 6.07) is 17.8. The van der Waals surface area contributed by atoms with Crippen molar-refractivity contribution in [1.29, 1.82) is 10.5 Å². The monoisotopic (exact) mass is 690 g/mol. The van der Waals surface area contributed by atoms with Gasteiger partial charge in [0, 0.05) is 46.8 Å². The van der Waals surface area contributed by atoms with Gasteiger partial charge in [0.15, 0.2) is 0 Å². The van der Waals surface area contributed by atoms with Gasteiger partial charge in [-0.05, 0) is 36.2 Å². The number of aromatic nitrogens is 2. The van der Waals surface area contributed by atoms with Gasteiger partial charge in [-0.25, -0.2) is 9.97 Å². The first-order valence-electron chi connectivity index (χ1n) is 14.3. The molecule has 0 saturated carbocycles. The van der Waals surface area contributed by atoms with Crippen LogP contribution in [-0.2, 0) is 20.1 Å². The topological polar surface area (TPSA) is 216 Å². The molecule has 2 aromatic carbocycles. The SMILES string of the molecule is N#Cc1c(N)nc(SCc2csc(-c3ccc(Cl)cc3)n2)c(C#N)c1-c1ccc(OCCOC(=O)CC[C@@H](NCCN)C(N)=O)cc1. The number of primary amides is 1. The molecule has 0 aliphatic rings. The molecule has 12 nitrogen and oxygen atoms in total. The molecule has 0 spiro atoms. The number of thiazole rings is 1. The van der Waals surface area contributed by atoms with E-state index < -0.39 is 17.9 Å². The van der Waals surface area contributed by atoms with Crippen molar-refractivity contribution in [3.63, 3.8) is 0 Å². The maximum atomic E-state index is 12.1. The van der Waals surface area contributed by atoms with Crippen molar-refractivity contribution in [2.45, 2.75) is 29.7 Å². The molecule has 1 amide bonds. The van der Waals surface area contributed by atoms with Gasteiger partial charge in [-0.15, -0.1) is 11.3 Å². The number of carbonyl (C=O) groups is 2. The van der Waals surface area contributed by atoms with Crippen LogP contribution in [0.1, 0.15) is 29.7 Å². The number of thioether (sulfide) groups is 1. The number of carbonyl (C=O) groups excluding carboxylic acids is 2. The lowest BCUT2D eigenvalue weighted by Gasteiger charge is -2.14. The second-order valence-electron chi connectivity index (χ2n) is 9.92. The van der Waals surface area contributed by atoms with E-state index in [1.54, 1.807) is 24.3 Å². The average molecular weight is 691 g/mol. The number of esters is 1. The van der Waals surface area contributed by atoms with E-state index in [0.29, 0.717) is 45.8 Å². The first-order chi connectivity index (χ1) is 22.7. The van der Waals surface area contributed by atoms with E-state index in [1.807, 2.05) is 29.6 Å². The number of anilines is 1. The molecule has 0 unspecified atom stereocenters. The van der Waals surface area contributed by atoms with E-state index in [-0.39, 0.29) is 43.0 Å². The molecule has 0 bridgehead atoms. The predicted molar refractivity (Wildman–Crippen MR) is 181 cm³/mol. The zero-order chi connectivity index (χ0) is 33.8. The summed E-state index contributed by atoms with van der Waals surface area (Å²) in [6.07, 6.45) is 0.202. The van der Waals surface area contributed by atoms with Gasteiger partial charge in [0.1, 0.15) is 52.5 Å². The summed E-state index contributed by atoms with van der Waals surface area (Å²) in [7, 11) is 0. The number of pyridine rings is 1. The third kappa shape index (κ3) is 9.65. The fourth-order valence-electron chi connectivity index (χ4n) is 4.40. The van der Waals surface area contributed by atoms with E-state index in [4.69, 9.17) is 43.3 Å². The number of nitriles is 2. The summed E-state index contributed by atoms with van der Waals surface area (Å²) in [5, 5.41) is 26.7. The standard InChI is InChI=1S/C32H31ClN8O4S2/c33-21-5-1-20(2-6-21)31-40-22(17-46-31)18-47-32-25(16-36)28(24(15-35)29(37)41-32)19-3-7-23(8-4-19)44-13-14-45-27(42)10-9-26(30(38)43)39-12-11-34/h1-8,17,26,39H,9-14,18,34H2,(H2,37,41)(H2,38,43)/t26-/m1/s1. The van der Waals surface area contributed by atoms with Gasteiger partial charge in [0.25, 0.3) is 0 Å². The first kappa shape index (κ1) is 35.2. The molecule has 2 aromatic heterocycles. The van der Waals surface area contributed by atoms with E-state index >= 15 is 0 Å². The molecule has 7 N–H and O–H groups in total. The molecule has 0 saturated heterocycles. The molecule has 0 aliphatic heterocycles. The Kier molecular flexibility index (Phi) is 12.9. The molecular weight excluding hydrogens is 660 g/mol. The highest BCUT2D eigenvalue weighted by Gasteiger charge is 2.21. The molecule has 1 atom stereocenters. The van der Waals surface area contributed by atoms with E-state index in [0.717, 1.165) is 16.3 Å². The number of ether oxygens (including phenoxy) is 2. The summed E-state index contributed by atoms with van der Waals surface area (Å²) in [5.74, 6) is -0.114. The van der Waals surface area contributed by atoms with Crippen LogP contribution in [0, 0.1) is 22.7 Å². The quantitative estimate of drug-likeness (QED) is 0.0737. The fraction of sp³-hybridized carbons (Fsp3) is 0.250. The highest BCUT2D eigenvalue weighted by molar-refractivity contribution is 7.98. The number of nitrogens with two attached hydrogens (primary N) is 3. The number of benzene rings is 2. The number of halogens is 1. The number of nitrogens with zero attached hydrogens (tertiary/aromatic N) is 4. The Morgan fingerprint density at radius 1 is 1.02 bits per heavy atom. The van der Waals surface area contributed by atoms with E-state index in [1.165, 1.54) is 23.1 Å². The molecule has 15 heteroatoms. The van der Waals surface area contributed by atoms with Crippen LogP contribution < -0.4 is 27.3 Å². The number of nitrogens with one attached hydrogen (secondary N) is 1. The molecule has 0 radical (unpaired) electrons. The lowest BCUT2D eigenvalue weighted by molar-refractivity contribution is -0.144. The molecule has 47 heavy (non-hydrogen) atoms. The summed E-state index contributed by atoms with van der Waals surface area (Å²) < 4.78 is 10.9. The van der Waals surface area contributed by atoms with Crippen molar-refractivity contribution in [3.05, 3.63) is 75.8 Å². The Balaban J connectivity index is 1.38. The maximum Gasteiger partial charge on any atom is 0.305 e. The van der Waals surface area contributed by atoms with Crippen molar-refractivity contribution < 1.29 is 19.1 Å². The van der Waals surface area contributed by atoms with Crippen molar-refractivity contribution in [2.75, 3.05) is 32.0 Å². The Hall–Kier alpha value is -4.70. The number of rotatable bonds is 16. The first-order valence-corrected chi connectivity index (χ1v) is 16.6. The minimum Gasteiger partial charge on any atom is -0.490 e. The zero-order valence-electron chi connectivity index (χ0n) is 25.1. The predicted octanol–water partition coefficient (Wildman–Crippen LogP) is 4.25. The number of nitrogen functional groups attached to an aromatic ring is 1. The van der Waals surface area contributed by atoms with Gasteiger partial charge >= 0.3 is 5.97 Å². The Bertz CT molecular complexity index is 1790. The van der Waals surface area contributed by atoms with Gasteiger partial charge < -0.3 is 32.0 Å². The number of hydrogen-bond acceptors (Lipinski definition) is 13. The van der Waals surface area contributed by atoms with Crippen LogP contribution >= 0.6 is 34.7 Å². The molecule has 242 valence electrons. The molecular formula is C32H31ClN8O4S2. The van der Waals surface area contributed by atoms with E-state index in [2.05, 4.69) is 22.4 Å². The van der Waals surface area contributed by atoms with Crippen molar-refractivity contribution in [1.82, 2.24) is 15.3 Å². The van der Waals surface area contributed by atoms with Crippen LogP contribution in [0.25, 0.3) is 21.7 Å². The summed E-state index contributed by atoms with van der Waals surface area (Å²) in [6.45, 7) is 0.822. The van der Waals surface area contributed by atoms with Gasteiger partial charge in [-0.3, -0.25) is 9.59 Å². The maximum absolute atomic E-state index is 12.1. The van der Waals surface area contributed by atoms with Crippen LogP contribution in [0.2, 0.25) is 5.02 Å². The second-order valence-corrected chi connectivity index (χ2v) is 12.2. The van der Waals surface area contributed by atoms with Crippen molar-refractivity contribution in [3.8, 4) is 39.6 Å². The van der Waals surface area contributed by atoms with Crippen LogP contribution in [0.5, 0.6) is 5.75 Å². The smallest absolute Gasteiger partial charge is 0.305 e. The Morgan fingerprint density at radius 2 is 1.72 bits per heavy atom. The Morgan fingerprint density at radius 3 is 2.38 bits per heavy atom. The van der Waals surface area contributed by atoms with Crippen molar-refractivity contribution >= 4 is 52.4 Å². The third-order valence-electron chi connectivity index (χ3n) is 6.69. The summed E-state index contributed by atoms with van der Waals surface area (Å²) in [4.78, 5) is 32.6. The number of amides is 1. The summed E-state index contributed by atoms with van der Waals surface area (Å²) >= 11 is 8.81. The number of hydrogen-bond donors (Lipinski definition) is 4. The van der Waals surface area contributed by atoms with Gasteiger partial charge in [-0.2, -0.15) is 10.5 Å². The highest BCUT2D eigenvalue weighted by atomic mass is 35.5. The van der Waals surface area contributed by atoms with Crippen LogP contribution in [0.4, 0.5) is 5.82 Å². The largest absolute Gasteiger partial charge is 0.490 e. The average Bonchev–Trinajstić information content (AvgIpc) is 3.55. The summed E-state index contributed by atoms with van der Waals surface area (Å²) in [5.41, 5.74) is 20.0. The Labute approximate surface area is 284 Å².